The van der Waals surface area contributed by atoms with Gasteiger partial charge >= 0.3 is 0 Å². The van der Waals surface area contributed by atoms with E-state index in [1.807, 2.05) is 18.2 Å². The van der Waals surface area contributed by atoms with Crippen molar-refractivity contribution < 1.29 is 9.59 Å². The van der Waals surface area contributed by atoms with Crippen molar-refractivity contribution in [2.45, 2.75) is 36.8 Å². The second-order valence-corrected chi connectivity index (χ2v) is 7.89. The van der Waals surface area contributed by atoms with E-state index >= 15 is 0 Å². The van der Waals surface area contributed by atoms with Gasteiger partial charge in [0.05, 0.1) is 12.1 Å². The van der Waals surface area contributed by atoms with E-state index in [4.69, 9.17) is 0 Å². The molecule has 0 saturated carbocycles. The molecule has 3 N–H and O–H groups in total. The molecule has 7 heteroatoms. The van der Waals surface area contributed by atoms with Gasteiger partial charge in [0, 0.05) is 41.8 Å². The molecule has 0 spiro atoms. The van der Waals surface area contributed by atoms with Crippen LogP contribution in [0.4, 0.5) is 0 Å². The second kappa shape index (κ2) is 7.25. The summed E-state index contributed by atoms with van der Waals surface area (Å²) in [6.45, 7) is 3.73. The molecule has 1 aromatic heterocycles. The van der Waals surface area contributed by atoms with Crippen LogP contribution >= 0.6 is 11.8 Å². The van der Waals surface area contributed by atoms with E-state index in [1.165, 1.54) is 0 Å². The van der Waals surface area contributed by atoms with Crippen LogP contribution in [-0.2, 0) is 9.59 Å². The molecule has 1 saturated heterocycles. The molecule has 4 unspecified atom stereocenters. The van der Waals surface area contributed by atoms with Crippen LogP contribution in [0.25, 0.3) is 0 Å². The number of ketones is 1. The fourth-order valence-corrected chi connectivity index (χ4v) is 4.87. The summed E-state index contributed by atoms with van der Waals surface area (Å²) in [5.74, 6) is 0.239. The van der Waals surface area contributed by atoms with Crippen molar-refractivity contribution >= 4 is 23.5 Å². The minimum Gasteiger partial charge on any atom is -0.372 e. The molecule has 3 heterocycles. The first kappa shape index (κ1) is 17.3. The van der Waals surface area contributed by atoms with Crippen molar-refractivity contribution in [2.24, 2.45) is 5.92 Å². The largest absolute Gasteiger partial charge is 0.372 e. The Balaban J connectivity index is 1.73. The monoisotopic (exact) mass is 370 g/mol. The second-order valence-electron chi connectivity index (χ2n) is 6.75. The summed E-state index contributed by atoms with van der Waals surface area (Å²) in [6.07, 6.45) is 7.30. The van der Waals surface area contributed by atoms with E-state index in [9.17, 15) is 9.59 Å². The zero-order valence-electron chi connectivity index (χ0n) is 14.4. The standard InChI is InChI=1S/C19H22N4O2S/c1-2-10-26-19-22-17-16(18(25)23-19)14(11-6-8-20-9-7-11)15-12(21-17)4-3-5-13(15)24/h2,6-9,14,16-17,19,21-22H,1,3-5,10H2,(H,23,25). The minimum absolute atomic E-state index is 0.0328. The van der Waals surface area contributed by atoms with Crippen molar-refractivity contribution in [2.75, 3.05) is 5.75 Å². The van der Waals surface area contributed by atoms with Crippen LogP contribution in [0.15, 0.2) is 48.5 Å². The van der Waals surface area contributed by atoms with Crippen LogP contribution in [0, 0.1) is 5.92 Å². The number of allylic oxidation sites excluding steroid dienone is 2. The molecule has 0 radical (unpaired) electrons. The van der Waals surface area contributed by atoms with E-state index in [0.29, 0.717) is 6.42 Å². The first-order valence-electron chi connectivity index (χ1n) is 8.90. The predicted octanol–water partition coefficient (Wildman–Crippen LogP) is 1.64. The van der Waals surface area contributed by atoms with E-state index in [-0.39, 0.29) is 35.2 Å². The van der Waals surface area contributed by atoms with Crippen LogP contribution in [0.5, 0.6) is 0 Å². The molecule has 6 nitrogen and oxygen atoms in total. The topological polar surface area (TPSA) is 83.1 Å². The Bertz CT molecular complexity index is 764. The number of thioether (sulfide) groups is 1. The zero-order valence-corrected chi connectivity index (χ0v) is 15.2. The maximum atomic E-state index is 13.0. The lowest BCUT2D eigenvalue weighted by Crippen LogP contribution is -2.67. The van der Waals surface area contributed by atoms with Crippen molar-refractivity contribution in [1.29, 1.82) is 0 Å². The number of fused-ring (bicyclic) bond motifs is 1. The molecule has 0 aromatic carbocycles. The molecule has 1 aliphatic carbocycles. The summed E-state index contributed by atoms with van der Waals surface area (Å²) >= 11 is 1.59. The van der Waals surface area contributed by atoms with Gasteiger partial charge in [0.15, 0.2) is 5.78 Å². The number of pyridine rings is 1. The molecule has 136 valence electrons. The summed E-state index contributed by atoms with van der Waals surface area (Å²) < 4.78 is 0. The predicted molar refractivity (Wildman–Crippen MR) is 101 cm³/mol. The van der Waals surface area contributed by atoms with E-state index < -0.39 is 0 Å². The number of carbonyl (C=O) groups is 2. The fraction of sp³-hybridized carbons (Fsp3) is 0.421. The minimum atomic E-state index is -0.376. The first-order chi connectivity index (χ1) is 12.7. The normalized spacial score (nSPS) is 30.8. The number of hydrogen-bond acceptors (Lipinski definition) is 6. The smallest absolute Gasteiger partial charge is 0.229 e. The molecule has 1 aromatic rings. The molecule has 26 heavy (non-hydrogen) atoms. The highest BCUT2D eigenvalue weighted by molar-refractivity contribution is 7.99. The number of nitrogens with one attached hydrogen (secondary N) is 3. The van der Waals surface area contributed by atoms with Crippen molar-refractivity contribution in [3.63, 3.8) is 0 Å². The third kappa shape index (κ3) is 3.05. The summed E-state index contributed by atoms with van der Waals surface area (Å²) in [4.78, 5) is 29.8. The van der Waals surface area contributed by atoms with Gasteiger partial charge in [0.1, 0.15) is 5.50 Å². The quantitative estimate of drug-likeness (QED) is 0.699. The molecule has 2 aliphatic heterocycles. The lowest BCUT2D eigenvalue weighted by molar-refractivity contribution is -0.130. The average Bonchev–Trinajstić information content (AvgIpc) is 2.65. The van der Waals surface area contributed by atoms with Crippen LogP contribution in [0.1, 0.15) is 30.7 Å². The van der Waals surface area contributed by atoms with E-state index in [1.54, 1.807) is 24.2 Å². The maximum absolute atomic E-state index is 13.0. The highest BCUT2D eigenvalue weighted by atomic mass is 32.2. The fourth-order valence-electron chi connectivity index (χ4n) is 4.10. The third-order valence-electron chi connectivity index (χ3n) is 5.17. The van der Waals surface area contributed by atoms with Gasteiger partial charge in [-0.05, 0) is 30.5 Å². The van der Waals surface area contributed by atoms with Gasteiger partial charge < -0.3 is 10.6 Å². The zero-order chi connectivity index (χ0) is 18.1. The summed E-state index contributed by atoms with van der Waals surface area (Å²) in [5, 5.41) is 9.97. The van der Waals surface area contributed by atoms with E-state index in [0.717, 1.165) is 35.4 Å². The molecular formula is C19H22N4O2S. The number of aromatic nitrogens is 1. The molecule has 0 bridgehead atoms. The number of carbonyl (C=O) groups excluding carboxylic acids is 2. The average molecular weight is 370 g/mol. The molecule has 4 atom stereocenters. The number of Topliss-reactive ketones (excluding diaryl/α,β-unsaturated/α-hetero) is 1. The Labute approximate surface area is 156 Å². The van der Waals surface area contributed by atoms with Gasteiger partial charge in [-0.1, -0.05) is 6.08 Å². The van der Waals surface area contributed by atoms with E-state index in [2.05, 4.69) is 27.5 Å². The maximum Gasteiger partial charge on any atom is 0.229 e. The van der Waals surface area contributed by atoms with Crippen molar-refractivity contribution in [1.82, 2.24) is 20.9 Å². The molecule has 4 rings (SSSR count). The van der Waals surface area contributed by atoms with Crippen LogP contribution in [0.2, 0.25) is 0 Å². The van der Waals surface area contributed by atoms with Gasteiger partial charge in [-0.3, -0.25) is 19.9 Å². The first-order valence-corrected chi connectivity index (χ1v) is 9.95. The Hall–Kier alpha value is -2.12. The molecular weight excluding hydrogens is 348 g/mol. The highest BCUT2D eigenvalue weighted by Crippen LogP contribution is 2.43. The van der Waals surface area contributed by atoms with Gasteiger partial charge in [-0.15, -0.1) is 18.3 Å². The lowest BCUT2D eigenvalue weighted by Gasteiger charge is -2.47. The lowest BCUT2D eigenvalue weighted by atomic mass is 9.71. The summed E-state index contributed by atoms with van der Waals surface area (Å²) in [7, 11) is 0. The van der Waals surface area contributed by atoms with Crippen molar-refractivity contribution in [3.8, 4) is 0 Å². The SMILES string of the molecule is C=CCSC1NC(=O)C2C(NC3=C(C(=O)CCC3)C2c2ccncc2)N1. The Morgan fingerprint density at radius 3 is 2.81 bits per heavy atom. The van der Waals surface area contributed by atoms with Crippen LogP contribution in [0.3, 0.4) is 0 Å². The Morgan fingerprint density at radius 2 is 2.04 bits per heavy atom. The molecule has 1 amide bonds. The Morgan fingerprint density at radius 1 is 1.23 bits per heavy atom. The number of hydrogen-bond donors (Lipinski definition) is 3. The summed E-state index contributed by atoms with van der Waals surface area (Å²) in [5.41, 5.74) is 2.55. The van der Waals surface area contributed by atoms with Gasteiger partial charge in [0.2, 0.25) is 5.91 Å². The van der Waals surface area contributed by atoms with Crippen molar-refractivity contribution in [3.05, 3.63) is 54.0 Å². The number of rotatable bonds is 4. The highest BCUT2D eigenvalue weighted by Gasteiger charge is 2.48. The summed E-state index contributed by atoms with van der Waals surface area (Å²) in [6, 6.07) is 3.82. The van der Waals surface area contributed by atoms with Crippen LogP contribution < -0.4 is 16.0 Å². The number of amides is 1. The van der Waals surface area contributed by atoms with Crippen LogP contribution in [-0.4, -0.2) is 34.1 Å². The van der Waals surface area contributed by atoms with Gasteiger partial charge in [-0.2, -0.15) is 0 Å². The number of nitrogens with zero attached hydrogens (tertiary/aromatic N) is 1. The third-order valence-corrected chi connectivity index (χ3v) is 6.18. The Kier molecular flexibility index (Phi) is 4.82. The molecule has 3 aliphatic rings. The molecule has 1 fully saturated rings. The van der Waals surface area contributed by atoms with Gasteiger partial charge in [-0.25, -0.2) is 0 Å². The van der Waals surface area contributed by atoms with Gasteiger partial charge in [0.25, 0.3) is 0 Å².